The number of nitrogens with zero attached hydrogens (tertiary/aromatic N) is 3. The van der Waals surface area contributed by atoms with Gasteiger partial charge in [0.2, 0.25) is 21.8 Å². The van der Waals surface area contributed by atoms with Crippen LogP contribution in [-0.2, 0) is 35.9 Å². The van der Waals surface area contributed by atoms with E-state index < -0.39 is 49.2 Å². The minimum absolute atomic E-state index is 0.0412. The largest absolute Gasteiger partial charge is 0.369 e. The van der Waals surface area contributed by atoms with Gasteiger partial charge in [0.15, 0.2) is 0 Å². The Labute approximate surface area is 266 Å². The number of hydrogen-bond acceptors (Lipinski definition) is 8. The summed E-state index contributed by atoms with van der Waals surface area (Å²) in [4.78, 5) is 35.5. The molecular formula is C31H46N6O6S2. The van der Waals surface area contributed by atoms with Crippen molar-refractivity contribution < 1.29 is 26.4 Å². The maximum absolute atomic E-state index is 14.1. The quantitative estimate of drug-likeness (QED) is 0.309. The van der Waals surface area contributed by atoms with Gasteiger partial charge >= 0.3 is 0 Å². The Morgan fingerprint density at radius 3 is 2.44 bits per heavy atom. The molecule has 2 aromatic rings. The number of carbonyl (C=O) groups excluding carboxylic acids is 2. The zero-order chi connectivity index (χ0) is 32.6. The second-order valence-corrected chi connectivity index (χ2v) is 17.9. The number of aryl methyl sites for hydroxylation is 1. The zero-order valence-corrected chi connectivity index (χ0v) is 28.2. The van der Waals surface area contributed by atoms with Gasteiger partial charge in [0.25, 0.3) is 0 Å². The Morgan fingerprint density at radius 1 is 1.11 bits per heavy atom. The number of piperazine rings is 1. The van der Waals surface area contributed by atoms with Crippen molar-refractivity contribution in [3.05, 3.63) is 48.0 Å². The van der Waals surface area contributed by atoms with Crippen LogP contribution in [0.5, 0.6) is 0 Å². The van der Waals surface area contributed by atoms with Crippen molar-refractivity contribution in [3.63, 3.8) is 0 Å². The number of carbonyl (C=O) groups is 2. The van der Waals surface area contributed by atoms with E-state index in [0.29, 0.717) is 44.7 Å². The number of anilines is 1. The molecule has 2 saturated carbocycles. The topological polar surface area (TPSA) is 162 Å². The maximum atomic E-state index is 14.1. The van der Waals surface area contributed by atoms with Crippen molar-refractivity contribution in [1.29, 1.82) is 0 Å². The normalized spacial score (nSPS) is 25.6. The van der Waals surface area contributed by atoms with Crippen LogP contribution in [0.4, 0.5) is 5.69 Å². The Morgan fingerprint density at radius 2 is 1.82 bits per heavy atom. The molecule has 1 saturated heterocycles. The first-order valence-corrected chi connectivity index (χ1v) is 19.3. The third-order valence-electron chi connectivity index (χ3n) is 10.6. The average molecular weight is 663 g/mol. The molecule has 3 aliphatic rings. The lowest BCUT2D eigenvalue weighted by molar-refractivity contribution is -0.129. The molecule has 45 heavy (non-hydrogen) atoms. The fourth-order valence-electron chi connectivity index (χ4n) is 7.84. The molecular weight excluding hydrogens is 617 g/mol. The number of rotatable bonds is 12. The van der Waals surface area contributed by atoms with Gasteiger partial charge in [-0.3, -0.25) is 9.59 Å². The summed E-state index contributed by atoms with van der Waals surface area (Å²) in [7, 11) is -7.07. The van der Waals surface area contributed by atoms with Crippen LogP contribution >= 0.6 is 0 Å². The van der Waals surface area contributed by atoms with Crippen molar-refractivity contribution in [2.75, 3.05) is 48.8 Å². The van der Waals surface area contributed by atoms with Crippen LogP contribution in [0.3, 0.4) is 0 Å². The molecule has 14 heteroatoms. The summed E-state index contributed by atoms with van der Waals surface area (Å²) in [6.07, 6.45) is 6.10. The molecule has 248 valence electrons. The number of hydrogen-bond donors (Lipinski definition) is 3. The van der Waals surface area contributed by atoms with E-state index >= 15 is 0 Å². The van der Waals surface area contributed by atoms with Gasteiger partial charge in [-0.25, -0.2) is 21.8 Å². The van der Waals surface area contributed by atoms with E-state index in [0.717, 1.165) is 23.9 Å². The number of sulfonamides is 1. The second-order valence-electron chi connectivity index (χ2n) is 13.6. The number of nitrogens with one attached hydrogen (secondary N) is 3. The van der Waals surface area contributed by atoms with E-state index in [2.05, 4.69) is 58.4 Å². The van der Waals surface area contributed by atoms with Crippen LogP contribution in [0, 0.1) is 23.7 Å². The number of amides is 2. The number of H-pyrrole nitrogens is 1. The number of para-hydroxylation sites is 1. The molecule has 0 spiro atoms. The number of imidazole rings is 1. The second kappa shape index (κ2) is 12.7. The van der Waals surface area contributed by atoms with Gasteiger partial charge in [0, 0.05) is 61.5 Å². The first-order valence-electron chi connectivity index (χ1n) is 15.6. The monoisotopic (exact) mass is 662 g/mol. The molecule has 4 atom stereocenters. The summed E-state index contributed by atoms with van der Waals surface area (Å²) >= 11 is 0. The first kappa shape index (κ1) is 33.4. The number of sulfone groups is 1. The highest BCUT2D eigenvalue weighted by atomic mass is 32.2. The van der Waals surface area contributed by atoms with Gasteiger partial charge < -0.3 is 20.5 Å². The molecule has 4 unspecified atom stereocenters. The lowest BCUT2D eigenvalue weighted by Gasteiger charge is -2.44. The third-order valence-corrected chi connectivity index (χ3v) is 13.6. The van der Waals surface area contributed by atoms with Gasteiger partial charge in [-0.15, -0.1) is 0 Å². The fraction of sp³-hybridized carbons (Fsp3) is 0.645. The van der Waals surface area contributed by atoms with E-state index in [1.165, 1.54) is 12.5 Å². The molecule has 0 radical (unpaired) electrons. The van der Waals surface area contributed by atoms with E-state index in [9.17, 15) is 26.4 Å². The number of benzene rings is 1. The average Bonchev–Trinajstić information content (AvgIpc) is 3.61. The first-order chi connectivity index (χ1) is 21.1. The highest BCUT2D eigenvalue weighted by Crippen LogP contribution is 2.66. The van der Waals surface area contributed by atoms with Crippen LogP contribution in [-0.4, -0.2) is 98.9 Å². The van der Waals surface area contributed by atoms with Gasteiger partial charge in [-0.2, -0.15) is 4.31 Å². The van der Waals surface area contributed by atoms with E-state index in [-0.39, 0.29) is 35.7 Å². The Hall–Kier alpha value is -2.97. The zero-order valence-electron chi connectivity index (χ0n) is 26.6. The van der Waals surface area contributed by atoms with Crippen molar-refractivity contribution in [2.45, 2.75) is 65.0 Å². The molecule has 5 rings (SSSR count). The number of fused-ring (bicyclic) bond motifs is 2. The molecule has 2 amide bonds. The van der Waals surface area contributed by atoms with E-state index in [1.807, 2.05) is 12.1 Å². The summed E-state index contributed by atoms with van der Waals surface area (Å²) < 4.78 is 53.7. The minimum atomic E-state index is -3.67. The third kappa shape index (κ3) is 7.07. The molecule has 12 nitrogen and oxygen atoms in total. The summed E-state index contributed by atoms with van der Waals surface area (Å²) in [6.45, 7) is 8.26. The molecule has 2 bridgehead atoms. The summed E-state index contributed by atoms with van der Waals surface area (Å²) in [5, 5.41) is 5.81. The van der Waals surface area contributed by atoms with Crippen molar-refractivity contribution in [2.24, 2.45) is 16.7 Å². The maximum Gasteiger partial charge on any atom is 0.242 e. The predicted molar refractivity (Wildman–Crippen MR) is 173 cm³/mol. The van der Waals surface area contributed by atoms with Gasteiger partial charge in [-0.1, -0.05) is 32.0 Å². The number of aromatic nitrogens is 2. The predicted octanol–water partition coefficient (Wildman–Crippen LogP) is 1.64. The molecule has 1 aliphatic heterocycles. The van der Waals surface area contributed by atoms with Crippen LogP contribution in [0.1, 0.15) is 50.8 Å². The minimum Gasteiger partial charge on any atom is -0.369 e. The van der Waals surface area contributed by atoms with Crippen molar-refractivity contribution >= 4 is 37.4 Å². The highest BCUT2D eigenvalue weighted by Gasteiger charge is 2.66. The van der Waals surface area contributed by atoms with Crippen LogP contribution < -0.4 is 15.5 Å². The molecule has 1 aromatic carbocycles. The molecule has 3 fully saturated rings. The highest BCUT2D eigenvalue weighted by molar-refractivity contribution is 7.90. The van der Waals surface area contributed by atoms with Gasteiger partial charge in [0.05, 0.1) is 24.3 Å². The number of aromatic amines is 1. The van der Waals surface area contributed by atoms with Crippen LogP contribution in [0.25, 0.3) is 0 Å². The van der Waals surface area contributed by atoms with Crippen molar-refractivity contribution in [3.8, 4) is 0 Å². The van der Waals surface area contributed by atoms with E-state index in [4.69, 9.17) is 0 Å². The smallest absolute Gasteiger partial charge is 0.242 e. The molecule has 2 aliphatic carbocycles. The van der Waals surface area contributed by atoms with Crippen LogP contribution in [0.2, 0.25) is 0 Å². The fourth-order valence-corrected chi connectivity index (χ4v) is 10.8. The van der Waals surface area contributed by atoms with Gasteiger partial charge in [-0.05, 0) is 55.6 Å². The lowest BCUT2D eigenvalue weighted by Crippen LogP contribution is -2.58. The summed E-state index contributed by atoms with van der Waals surface area (Å²) in [6, 6.07) is 6.60. The van der Waals surface area contributed by atoms with E-state index in [1.54, 1.807) is 4.31 Å². The Kier molecular flexibility index (Phi) is 9.40. The van der Waals surface area contributed by atoms with Crippen LogP contribution in [0.15, 0.2) is 36.8 Å². The summed E-state index contributed by atoms with van der Waals surface area (Å²) in [5.74, 6) is -1.04. The van der Waals surface area contributed by atoms with Gasteiger partial charge in [0.1, 0.15) is 15.9 Å². The summed E-state index contributed by atoms with van der Waals surface area (Å²) in [5.41, 5.74) is 1.80. The molecule has 3 N–H and O–H groups in total. The lowest BCUT2D eigenvalue weighted by atomic mass is 9.69. The Balaban J connectivity index is 1.30. The SMILES string of the molecule is Cc1ccccc1N1CCN(S(=O)(=O)CC23CCC(CC2NC(=O)C(CCS(C)(=O)=O)NC(=O)Cc2cnc[nH]2)C3(C)C)CC1. The Bertz CT molecular complexity index is 1600. The van der Waals surface area contributed by atoms with Crippen molar-refractivity contribution in [1.82, 2.24) is 24.9 Å². The molecule has 1 aromatic heterocycles. The molecule has 2 heterocycles. The standard InChI is InChI=1S/C31H46N6O6S2/c1-22-7-5-6-8-26(22)36-12-14-37(15-13-36)45(42,43)20-31-11-9-23(30(31,2)3)17-27(31)35-29(39)25(10-16-44(4,40)41)34-28(38)18-24-19-32-21-33-24/h5-8,19,21,23,25,27H,9-18,20H2,1-4H3,(H,32,33)(H,34,38)(H,35,39).